The lowest BCUT2D eigenvalue weighted by Crippen LogP contribution is -1.94. The first-order valence-electron chi connectivity index (χ1n) is 5.43. The Morgan fingerprint density at radius 1 is 1.16 bits per heavy atom. The summed E-state index contributed by atoms with van der Waals surface area (Å²) in [4.78, 5) is 11.1. The third-order valence-electron chi connectivity index (χ3n) is 2.78. The minimum absolute atomic E-state index is 0.0404. The van der Waals surface area contributed by atoms with Crippen molar-refractivity contribution in [1.29, 1.82) is 0 Å². The second-order valence-corrected chi connectivity index (χ2v) is 3.83. The number of aldehydes is 1. The van der Waals surface area contributed by atoms with Crippen LogP contribution in [0.1, 0.15) is 10.4 Å². The van der Waals surface area contributed by atoms with Crippen molar-refractivity contribution in [1.82, 2.24) is 0 Å². The highest BCUT2D eigenvalue weighted by molar-refractivity contribution is 5.93. The summed E-state index contributed by atoms with van der Waals surface area (Å²) in [5.74, 6) is -1.77. The maximum Gasteiger partial charge on any atom is 0.201 e. The minimum Gasteiger partial charge on any atom is -0.504 e. The van der Waals surface area contributed by atoms with Gasteiger partial charge in [-0.3, -0.25) is 4.79 Å². The fourth-order valence-corrected chi connectivity index (χ4v) is 1.83. The first kappa shape index (κ1) is 12.9. The monoisotopic (exact) mass is 262 g/mol. The number of hydrogen-bond donors (Lipinski definition) is 2. The zero-order valence-corrected chi connectivity index (χ0v) is 10.1. The summed E-state index contributed by atoms with van der Waals surface area (Å²) in [5, 5.41) is 19.4. The van der Waals surface area contributed by atoms with Crippen LogP contribution in [0.2, 0.25) is 0 Å². The zero-order chi connectivity index (χ0) is 14.0. The van der Waals surface area contributed by atoms with E-state index in [-0.39, 0.29) is 22.4 Å². The van der Waals surface area contributed by atoms with Crippen LogP contribution in [0.3, 0.4) is 0 Å². The fourth-order valence-electron chi connectivity index (χ4n) is 1.83. The van der Waals surface area contributed by atoms with Crippen LogP contribution in [-0.4, -0.2) is 23.6 Å². The molecule has 2 aromatic rings. The highest BCUT2D eigenvalue weighted by Gasteiger charge is 2.19. The van der Waals surface area contributed by atoms with Crippen LogP contribution >= 0.6 is 0 Å². The number of phenols is 2. The molecule has 2 N–H and O–H groups in total. The summed E-state index contributed by atoms with van der Waals surface area (Å²) in [6.45, 7) is 0. The number of methoxy groups -OCH3 is 1. The molecule has 0 saturated carbocycles. The van der Waals surface area contributed by atoms with E-state index in [0.717, 1.165) is 0 Å². The summed E-state index contributed by atoms with van der Waals surface area (Å²) < 4.78 is 18.6. The van der Waals surface area contributed by atoms with E-state index < -0.39 is 17.3 Å². The summed E-state index contributed by atoms with van der Waals surface area (Å²) in [6, 6.07) is 7.12. The van der Waals surface area contributed by atoms with E-state index >= 15 is 0 Å². The Morgan fingerprint density at radius 2 is 1.84 bits per heavy atom. The van der Waals surface area contributed by atoms with Crippen LogP contribution < -0.4 is 4.74 Å². The van der Waals surface area contributed by atoms with Gasteiger partial charge in [-0.05, 0) is 12.1 Å². The lowest BCUT2D eigenvalue weighted by molar-refractivity contribution is 0.112. The molecule has 0 bridgehead atoms. The van der Waals surface area contributed by atoms with Gasteiger partial charge in [0.15, 0.2) is 17.8 Å². The van der Waals surface area contributed by atoms with E-state index in [2.05, 4.69) is 0 Å². The summed E-state index contributed by atoms with van der Waals surface area (Å²) >= 11 is 0. The Morgan fingerprint density at radius 3 is 2.42 bits per heavy atom. The molecule has 98 valence electrons. The van der Waals surface area contributed by atoms with Gasteiger partial charge in [0.1, 0.15) is 5.82 Å². The SMILES string of the molecule is COc1cc(-c2ccccc2F)c(C=O)c(O)c1O. The Labute approximate surface area is 108 Å². The van der Waals surface area contributed by atoms with Gasteiger partial charge in [0.05, 0.1) is 12.7 Å². The summed E-state index contributed by atoms with van der Waals surface area (Å²) in [5.41, 5.74) is 0.0989. The molecule has 0 aliphatic heterocycles. The average molecular weight is 262 g/mol. The molecule has 0 aromatic heterocycles. The second kappa shape index (κ2) is 4.97. The van der Waals surface area contributed by atoms with Crippen LogP contribution in [-0.2, 0) is 0 Å². The number of benzene rings is 2. The number of carbonyl (C=O) groups excluding carboxylic acids is 1. The average Bonchev–Trinajstić information content (AvgIpc) is 2.42. The lowest BCUT2D eigenvalue weighted by Gasteiger charge is -2.12. The maximum absolute atomic E-state index is 13.8. The quantitative estimate of drug-likeness (QED) is 0.659. The molecule has 0 unspecified atom stereocenters. The topological polar surface area (TPSA) is 66.8 Å². The Bertz CT molecular complexity index is 638. The molecule has 0 amide bonds. The number of rotatable bonds is 3. The van der Waals surface area contributed by atoms with Crippen molar-refractivity contribution in [3.63, 3.8) is 0 Å². The molecule has 0 atom stereocenters. The van der Waals surface area contributed by atoms with Gasteiger partial charge in [0, 0.05) is 11.1 Å². The molecule has 19 heavy (non-hydrogen) atoms. The van der Waals surface area contributed by atoms with Crippen LogP contribution in [0.5, 0.6) is 17.2 Å². The van der Waals surface area contributed by atoms with Gasteiger partial charge in [0.2, 0.25) is 5.75 Å². The lowest BCUT2D eigenvalue weighted by atomic mass is 9.98. The third kappa shape index (κ3) is 2.10. The van der Waals surface area contributed by atoms with Gasteiger partial charge >= 0.3 is 0 Å². The molecular formula is C14H11FO4. The Kier molecular flexibility index (Phi) is 3.37. The van der Waals surface area contributed by atoms with E-state index in [9.17, 15) is 19.4 Å². The number of ether oxygens (including phenoxy) is 1. The number of halogens is 1. The van der Waals surface area contributed by atoms with Gasteiger partial charge in [0.25, 0.3) is 0 Å². The molecule has 0 spiro atoms. The van der Waals surface area contributed by atoms with Crippen LogP contribution in [0, 0.1) is 5.82 Å². The van der Waals surface area contributed by atoms with Crippen LogP contribution in [0.15, 0.2) is 30.3 Å². The Balaban J connectivity index is 2.79. The second-order valence-electron chi connectivity index (χ2n) is 3.83. The van der Waals surface area contributed by atoms with E-state index in [1.165, 1.54) is 31.4 Å². The maximum atomic E-state index is 13.8. The molecule has 2 aromatic carbocycles. The minimum atomic E-state index is -0.632. The molecular weight excluding hydrogens is 251 g/mol. The van der Waals surface area contributed by atoms with Gasteiger partial charge in [-0.15, -0.1) is 0 Å². The molecule has 5 heteroatoms. The predicted molar refractivity (Wildman–Crippen MR) is 67.1 cm³/mol. The van der Waals surface area contributed by atoms with Crippen LogP contribution in [0.4, 0.5) is 4.39 Å². The number of hydrogen-bond acceptors (Lipinski definition) is 4. The number of carbonyl (C=O) groups is 1. The first-order chi connectivity index (χ1) is 9.10. The number of phenolic OH excluding ortho intramolecular Hbond substituents is 2. The molecule has 2 rings (SSSR count). The smallest absolute Gasteiger partial charge is 0.201 e. The molecule has 0 saturated heterocycles. The van der Waals surface area contributed by atoms with Crippen molar-refractivity contribution in [2.45, 2.75) is 0 Å². The Hall–Kier alpha value is -2.56. The van der Waals surface area contributed by atoms with Gasteiger partial charge in [-0.2, -0.15) is 0 Å². The first-order valence-corrected chi connectivity index (χ1v) is 5.43. The zero-order valence-electron chi connectivity index (χ0n) is 10.1. The van der Waals surface area contributed by atoms with E-state index in [0.29, 0.717) is 6.29 Å². The molecule has 0 heterocycles. The molecule has 0 radical (unpaired) electrons. The van der Waals surface area contributed by atoms with E-state index in [4.69, 9.17) is 4.74 Å². The summed E-state index contributed by atoms with van der Waals surface area (Å²) in [7, 11) is 1.29. The van der Waals surface area contributed by atoms with Crippen molar-refractivity contribution in [3.8, 4) is 28.4 Å². The summed E-state index contributed by atoms with van der Waals surface area (Å²) in [6.07, 6.45) is 0.357. The standard InChI is InChI=1S/C14H11FO4/c1-19-12-6-9(8-4-2-3-5-11(8)15)10(7-16)13(17)14(12)18/h2-7,17-18H,1H3. The van der Waals surface area contributed by atoms with Gasteiger partial charge in [-0.25, -0.2) is 4.39 Å². The highest BCUT2D eigenvalue weighted by Crippen LogP contribution is 2.43. The number of aromatic hydroxyl groups is 2. The molecule has 4 nitrogen and oxygen atoms in total. The fraction of sp³-hybridized carbons (Fsp3) is 0.0714. The van der Waals surface area contributed by atoms with Crippen molar-refractivity contribution in [2.75, 3.05) is 7.11 Å². The van der Waals surface area contributed by atoms with E-state index in [1.807, 2.05) is 0 Å². The molecule has 0 fully saturated rings. The van der Waals surface area contributed by atoms with Crippen molar-refractivity contribution >= 4 is 6.29 Å². The van der Waals surface area contributed by atoms with Crippen molar-refractivity contribution < 1.29 is 24.1 Å². The van der Waals surface area contributed by atoms with Crippen molar-refractivity contribution in [2.24, 2.45) is 0 Å². The van der Waals surface area contributed by atoms with Crippen molar-refractivity contribution in [3.05, 3.63) is 41.7 Å². The molecule has 0 aliphatic carbocycles. The predicted octanol–water partition coefficient (Wildman–Crippen LogP) is 2.73. The third-order valence-corrected chi connectivity index (χ3v) is 2.78. The van der Waals surface area contributed by atoms with E-state index in [1.54, 1.807) is 6.07 Å². The largest absolute Gasteiger partial charge is 0.504 e. The van der Waals surface area contributed by atoms with Gasteiger partial charge < -0.3 is 14.9 Å². The normalized spacial score (nSPS) is 10.2. The highest BCUT2D eigenvalue weighted by atomic mass is 19.1. The molecule has 0 aliphatic rings. The van der Waals surface area contributed by atoms with Crippen LogP contribution in [0.25, 0.3) is 11.1 Å². The van der Waals surface area contributed by atoms with Gasteiger partial charge in [-0.1, -0.05) is 18.2 Å².